The van der Waals surface area contributed by atoms with Gasteiger partial charge in [-0.15, -0.1) is 10.2 Å². The molecule has 9 nitrogen and oxygen atoms in total. The third kappa shape index (κ3) is 4.49. The van der Waals surface area contributed by atoms with Gasteiger partial charge in [-0.25, -0.2) is 0 Å². The molecule has 4 aromatic rings. The molecule has 1 aliphatic heterocycles. The van der Waals surface area contributed by atoms with E-state index in [1.807, 2.05) is 36.4 Å². The predicted octanol–water partition coefficient (Wildman–Crippen LogP) is 3.96. The topological polar surface area (TPSA) is 117 Å². The van der Waals surface area contributed by atoms with Crippen LogP contribution in [0.4, 0.5) is 0 Å². The number of nitrogens with zero attached hydrogens (tertiary/aromatic N) is 5. The Morgan fingerprint density at radius 3 is 2.67 bits per heavy atom. The lowest BCUT2D eigenvalue weighted by molar-refractivity contribution is -0.619. The van der Waals surface area contributed by atoms with Crippen molar-refractivity contribution in [3.8, 4) is 16.8 Å². The van der Waals surface area contributed by atoms with Crippen molar-refractivity contribution >= 4 is 28.9 Å². The van der Waals surface area contributed by atoms with Crippen molar-refractivity contribution in [1.82, 2.24) is 14.8 Å². The van der Waals surface area contributed by atoms with E-state index in [1.54, 1.807) is 35.6 Å². The van der Waals surface area contributed by atoms with E-state index >= 15 is 0 Å². The summed E-state index contributed by atoms with van der Waals surface area (Å²) in [4.78, 5) is 16.1. The minimum atomic E-state index is -1.47. The molecule has 1 atom stereocenters. The van der Waals surface area contributed by atoms with Gasteiger partial charge in [0, 0.05) is 34.3 Å². The van der Waals surface area contributed by atoms with Gasteiger partial charge in [0.1, 0.15) is 12.7 Å². The number of carbonyl (C=O) groups is 1. The zero-order valence-electron chi connectivity index (χ0n) is 21.0. The Balaban J connectivity index is 1.27. The molecule has 39 heavy (non-hydrogen) atoms. The van der Waals surface area contributed by atoms with Crippen molar-refractivity contribution in [2.75, 3.05) is 7.11 Å². The Morgan fingerprint density at radius 1 is 1.15 bits per heavy atom. The van der Waals surface area contributed by atoms with Crippen LogP contribution in [0.2, 0.25) is 5.02 Å². The van der Waals surface area contributed by atoms with Crippen LogP contribution < -0.4 is 4.73 Å². The summed E-state index contributed by atoms with van der Waals surface area (Å²) in [5, 5.41) is 33.5. The molecule has 196 valence electrons. The largest absolute Gasteiger partial charge is 0.618 e. The zero-order chi connectivity index (χ0) is 27.1. The molecule has 6 rings (SSSR count). The second-order valence-corrected chi connectivity index (χ2v) is 10.1. The Kier molecular flexibility index (Phi) is 6.25. The smallest absolute Gasteiger partial charge is 0.309 e. The molecule has 10 heteroatoms. The standard InChI is InChI=1S/C29H24ClN5O4/c1-39-27(36)10-18-2-4-19(5-3-18)21-12-26(31-14-21)29(37)9-8-20-11-22(15-35(38)28(20)29)24-13-23(30)6-7-25(24)34-16-32-33-17-34/h2-7,11,13-17,37H,8-10,12H2,1H3. The molecule has 2 aliphatic rings. The first-order valence-corrected chi connectivity index (χ1v) is 12.8. The highest BCUT2D eigenvalue weighted by atomic mass is 35.5. The summed E-state index contributed by atoms with van der Waals surface area (Å²) in [5.41, 5.74) is 5.09. The fourth-order valence-electron chi connectivity index (χ4n) is 5.35. The number of benzene rings is 2. The van der Waals surface area contributed by atoms with Gasteiger partial charge in [-0.2, -0.15) is 4.73 Å². The average molecular weight is 542 g/mol. The van der Waals surface area contributed by atoms with Crippen LogP contribution >= 0.6 is 11.6 Å². The maximum Gasteiger partial charge on any atom is 0.309 e. The number of aryl methyl sites for hydroxylation is 1. The molecular formula is C29H24ClN5O4. The van der Waals surface area contributed by atoms with E-state index < -0.39 is 5.60 Å². The molecule has 2 aromatic carbocycles. The number of aromatic nitrogens is 4. The van der Waals surface area contributed by atoms with Crippen molar-refractivity contribution < 1.29 is 19.4 Å². The summed E-state index contributed by atoms with van der Waals surface area (Å²) in [6.07, 6.45) is 7.88. The maximum absolute atomic E-state index is 13.4. The molecule has 1 aliphatic carbocycles. The number of carbonyl (C=O) groups excluding carboxylic acids is 1. The lowest BCUT2D eigenvalue weighted by Crippen LogP contribution is -2.45. The van der Waals surface area contributed by atoms with E-state index in [2.05, 4.69) is 15.2 Å². The van der Waals surface area contributed by atoms with Crippen molar-refractivity contribution in [2.45, 2.75) is 31.3 Å². The van der Waals surface area contributed by atoms with Gasteiger partial charge in [-0.1, -0.05) is 35.9 Å². The molecule has 0 spiro atoms. The third-order valence-electron chi connectivity index (χ3n) is 7.34. The third-order valence-corrected chi connectivity index (χ3v) is 7.57. The quantitative estimate of drug-likeness (QED) is 0.224. The number of ether oxygens (including phenoxy) is 1. The van der Waals surface area contributed by atoms with Crippen LogP contribution in [0.15, 0.2) is 78.6 Å². The number of hydrogen-bond acceptors (Lipinski definition) is 7. The number of fused-ring (bicyclic) bond motifs is 1. The molecule has 0 fully saturated rings. The van der Waals surface area contributed by atoms with Crippen molar-refractivity contribution in [2.24, 2.45) is 4.99 Å². The molecule has 1 unspecified atom stereocenters. The Morgan fingerprint density at radius 2 is 1.92 bits per heavy atom. The molecule has 0 radical (unpaired) electrons. The summed E-state index contributed by atoms with van der Waals surface area (Å²) < 4.78 is 7.25. The van der Waals surface area contributed by atoms with E-state index in [0.717, 1.165) is 38.2 Å². The molecular weight excluding hydrogens is 518 g/mol. The second kappa shape index (κ2) is 9.76. The lowest BCUT2D eigenvalue weighted by Gasteiger charge is -2.23. The Bertz CT molecular complexity index is 1650. The van der Waals surface area contributed by atoms with E-state index in [-0.39, 0.29) is 12.4 Å². The van der Waals surface area contributed by atoms with Crippen molar-refractivity contribution in [3.63, 3.8) is 0 Å². The number of rotatable bonds is 6. The van der Waals surface area contributed by atoms with Crippen LogP contribution in [0, 0.1) is 5.21 Å². The van der Waals surface area contributed by atoms with Crippen LogP contribution in [0.25, 0.3) is 22.4 Å². The molecule has 0 bridgehead atoms. The number of methoxy groups -OCH3 is 1. The predicted molar refractivity (Wildman–Crippen MR) is 145 cm³/mol. The number of halogens is 1. The summed E-state index contributed by atoms with van der Waals surface area (Å²) in [6.45, 7) is 0. The highest BCUT2D eigenvalue weighted by molar-refractivity contribution is 6.31. The maximum atomic E-state index is 13.4. The van der Waals surface area contributed by atoms with Crippen LogP contribution in [0.5, 0.6) is 0 Å². The Labute approximate surface area is 229 Å². The molecule has 1 N–H and O–H groups in total. The number of pyridine rings is 1. The van der Waals surface area contributed by atoms with Crippen LogP contribution in [0.1, 0.15) is 35.2 Å². The van der Waals surface area contributed by atoms with Crippen molar-refractivity contribution in [1.29, 1.82) is 0 Å². The van der Waals surface area contributed by atoms with Crippen LogP contribution in [0.3, 0.4) is 0 Å². The van der Waals surface area contributed by atoms with Gasteiger partial charge in [-0.3, -0.25) is 14.4 Å². The van der Waals surface area contributed by atoms with Gasteiger partial charge in [0.15, 0.2) is 11.8 Å². The summed E-state index contributed by atoms with van der Waals surface area (Å²) in [5.74, 6) is -0.296. The van der Waals surface area contributed by atoms with E-state index in [1.165, 1.54) is 13.3 Å². The van der Waals surface area contributed by atoms with Gasteiger partial charge in [-0.05, 0) is 53.8 Å². The van der Waals surface area contributed by atoms with Gasteiger partial charge in [0.2, 0.25) is 5.69 Å². The normalized spacial score (nSPS) is 18.0. The fraction of sp³-hybridized carbons (Fsp3) is 0.207. The van der Waals surface area contributed by atoms with Gasteiger partial charge < -0.3 is 15.1 Å². The van der Waals surface area contributed by atoms with Crippen LogP contribution in [-0.4, -0.2) is 38.7 Å². The molecule has 0 saturated carbocycles. The number of aliphatic hydroxyl groups is 1. The highest BCUT2D eigenvalue weighted by Gasteiger charge is 2.49. The van der Waals surface area contributed by atoms with Crippen LogP contribution in [-0.2, 0) is 28.0 Å². The lowest BCUT2D eigenvalue weighted by atomic mass is 9.89. The van der Waals surface area contributed by atoms with Gasteiger partial charge in [0.05, 0.1) is 24.9 Å². The number of esters is 1. The monoisotopic (exact) mass is 541 g/mol. The first kappa shape index (κ1) is 25.0. The average Bonchev–Trinajstić information content (AvgIpc) is 3.70. The minimum absolute atomic E-state index is 0.204. The highest BCUT2D eigenvalue weighted by Crippen LogP contribution is 2.42. The number of aliphatic imine (C=N–C) groups is 1. The van der Waals surface area contributed by atoms with Gasteiger partial charge >= 0.3 is 5.97 Å². The summed E-state index contributed by atoms with van der Waals surface area (Å²) >= 11 is 6.31. The van der Waals surface area contributed by atoms with E-state index in [0.29, 0.717) is 41.3 Å². The zero-order valence-corrected chi connectivity index (χ0v) is 21.8. The summed E-state index contributed by atoms with van der Waals surface area (Å²) in [7, 11) is 1.37. The minimum Gasteiger partial charge on any atom is -0.618 e. The van der Waals surface area contributed by atoms with E-state index in [9.17, 15) is 15.1 Å². The van der Waals surface area contributed by atoms with Gasteiger partial charge in [0.25, 0.3) is 0 Å². The van der Waals surface area contributed by atoms with E-state index in [4.69, 9.17) is 16.3 Å². The molecule has 2 aromatic heterocycles. The first-order valence-electron chi connectivity index (χ1n) is 12.4. The van der Waals surface area contributed by atoms with Crippen molar-refractivity contribution in [3.05, 3.63) is 106 Å². The SMILES string of the molecule is COC(=O)Cc1ccc(C2=CN=C(C3(O)CCc4cc(-c5cc(Cl)ccc5-n5cnnc5)c[n+]([O-])c43)C2)cc1. The molecule has 3 heterocycles. The fourth-order valence-corrected chi connectivity index (χ4v) is 5.52. The first-order chi connectivity index (χ1) is 18.9. The number of hydrogen-bond donors (Lipinski definition) is 1. The molecule has 0 saturated heterocycles. The summed E-state index contributed by atoms with van der Waals surface area (Å²) in [6, 6.07) is 15.0. The second-order valence-electron chi connectivity index (χ2n) is 9.68. The molecule has 0 amide bonds. The number of allylic oxidation sites excluding steroid dienone is 1. The Hall–Kier alpha value is -4.34.